The van der Waals surface area contributed by atoms with Gasteiger partial charge in [-0.25, -0.2) is 4.79 Å². The van der Waals surface area contributed by atoms with Crippen LogP contribution >= 0.6 is 11.3 Å². The van der Waals surface area contributed by atoms with Crippen LogP contribution in [0.15, 0.2) is 41.8 Å². The third-order valence-electron chi connectivity index (χ3n) is 4.22. The quantitative estimate of drug-likeness (QED) is 0.696. The number of benzene rings is 1. The Balaban J connectivity index is 1.47. The van der Waals surface area contributed by atoms with Gasteiger partial charge in [-0.1, -0.05) is 18.2 Å². The Hall–Kier alpha value is -2.54. The Morgan fingerprint density at radius 2 is 1.96 bits per heavy atom. The molecule has 7 heteroatoms. The Morgan fingerprint density at radius 3 is 2.69 bits per heavy atom. The van der Waals surface area contributed by atoms with Crippen LogP contribution in [0.3, 0.4) is 0 Å². The average Bonchev–Trinajstić information content (AvgIpc) is 3.35. The Kier molecular flexibility index (Phi) is 6.12. The van der Waals surface area contributed by atoms with Crippen LogP contribution in [0.2, 0.25) is 0 Å². The van der Waals surface area contributed by atoms with Crippen LogP contribution in [0, 0.1) is 0 Å². The van der Waals surface area contributed by atoms with E-state index in [0.29, 0.717) is 18.0 Å². The van der Waals surface area contributed by atoms with Crippen molar-refractivity contribution in [3.63, 3.8) is 0 Å². The number of esters is 1. The first-order valence-electron chi connectivity index (χ1n) is 8.43. The number of hydrogen-bond donors (Lipinski definition) is 0. The van der Waals surface area contributed by atoms with Crippen molar-refractivity contribution in [2.45, 2.75) is 18.9 Å². The van der Waals surface area contributed by atoms with Crippen molar-refractivity contribution >= 4 is 23.2 Å². The molecule has 2 aromatic rings. The molecule has 6 nitrogen and oxygen atoms in total. The smallest absolute Gasteiger partial charge is 0.344 e. The maximum atomic E-state index is 12.4. The summed E-state index contributed by atoms with van der Waals surface area (Å²) in [7, 11) is 1.53. The lowest BCUT2D eigenvalue weighted by molar-refractivity contribution is -0.154. The molecule has 0 bridgehead atoms. The third kappa shape index (κ3) is 4.35. The van der Waals surface area contributed by atoms with Gasteiger partial charge >= 0.3 is 5.97 Å². The minimum Gasteiger partial charge on any atom is -0.493 e. The highest BCUT2D eigenvalue weighted by Gasteiger charge is 2.30. The van der Waals surface area contributed by atoms with E-state index in [2.05, 4.69) is 0 Å². The lowest BCUT2D eigenvalue weighted by Crippen LogP contribution is -2.34. The van der Waals surface area contributed by atoms with Crippen molar-refractivity contribution in [2.75, 3.05) is 26.9 Å². The van der Waals surface area contributed by atoms with Crippen molar-refractivity contribution in [1.29, 1.82) is 0 Å². The lowest BCUT2D eigenvalue weighted by Gasteiger charge is -2.23. The molecule has 1 aromatic heterocycles. The fourth-order valence-corrected chi connectivity index (χ4v) is 3.86. The van der Waals surface area contributed by atoms with E-state index in [4.69, 9.17) is 14.2 Å². The van der Waals surface area contributed by atoms with E-state index in [1.165, 1.54) is 12.0 Å². The zero-order chi connectivity index (χ0) is 18.4. The van der Waals surface area contributed by atoms with Gasteiger partial charge in [0.25, 0.3) is 5.91 Å². The topological polar surface area (TPSA) is 65.1 Å². The van der Waals surface area contributed by atoms with Crippen LogP contribution in [0.5, 0.6) is 11.5 Å². The molecule has 1 amide bonds. The number of likely N-dealkylation sites (tertiary alicyclic amines) is 1. The van der Waals surface area contributed by atoms with Crippen molar-refractivity contribution in [2.24, 2.45) is 0 Å². The molecular weight excluding hydrogens is 354 g/mol. The number of thiophene rings is 1. The number of nitrogens with zero attached hydrogens (tertiary/aromatic N) is 1. The van der Waals surface area contributed by atoms with Gasteiger partial charge in [0.1, 0.15) is 0 Å². The molecule has 0 saturated carbocycles. The van der Waals surface area contributed by atoms with E-state index in [0.717, 1.165) is 12.8 Å². The first kappa shape index (κ1) is 18.3. The first-order chi connectivity index (χ1) is 12.7. The van der Waals surface area contributed by atoms with Crippen LogP contribution in [0.25, 0.3) is 0 Å². The molecule has 1 aliphatic rings. The summed E-state index contributed by atoms with van der Waals surface area (Å²) < 4.78 is 15.6. The maximum absolute atomic E-state index is 12.4. The molecule has 1 atom stereocenters. The molecule has 1 aliphatic heterocycles. The molecule has 3 rings (SSSR count). The number of carbonyl (C=O) groups excluding carboxylic acids is 2. The van der Waals surface area contributed by atoms with E-state index < -0.39 is 5.97 Å². The highest BCUT2D eigenvalue weighted by molar-refractivity contribution is 7.10. The first-order valence-corrected chi connectivity index (χ1v) is 9.31. The Labute approximate surface area is 156 Å². The summed E-state index contributed by atoms with van der Waals surface area (Å²) in [6.07, 6.45) is 1.90. The summed E-state index contributed by atoms with van der Waals surface area (Å²) in [4.78, 5) is 27.3. The van der Waals surface area contributed by atoms with Crippen LogP contribution in [0.4, 0.5) is 0 Å². The standard InChI is InChI=1S/C19H21NO5S/c1-23-15-7-2-3-8-16(15)24-13-19(22)25-12-18(21)20-10-4-6-14(20)17-9-5-11-26-17/h2-3,5,7-9,11,14H,4,6,10,12-13H2,1H3. The summed E-state index contributed by atoms with van der Waals surface area (Å²) in [5.41, 5.74) is 0. The zero-order valence-corrected chi connectivity index (χ0v) is 15.4. The largest absolute Gasteiger partial charge is 0.493 e. The van der Waals surface area contributed by atoms with Crippen molar-refractivity contribution < 1.29 is 23.8 Å². The number of methoxy groups -OCH3 is 1. The zero-order valence-electron chi connectivity index (χ0n) is 14.6. The second kappa shape index (κ2) is 8.71. The number of carbonyl (C=O) groups is 2. The van der Waals surface area contributed by atoms with E-state index in [1.807, 2.05) is 23.6 Å². The normalized spacial score (nSPS) is 16.3. The van der Waals surface area contributed by atoms with Crippen LogP contribution < -0.4 is 9.47 Å². The predicted molar refractivity (Wildman–Crippen MR) is 97.5 cm³/mol. The summed E-state index contributed by atoms with van der Waals surface area (Å²) in [6, 6.07) is 11.1. The summed E-state index contributed by atoms with van der Waals surface area (Å²) in [5, 5.41) is 2.01. The number of ether oxygens (including phenoxy) is 3. The van der Waals surface area contributed by atoms with Crippen LogP contribution in [-0.4, -0.2) is 43.6 Å². The predicted octanol–water partition coefficient (Wildman–Crippen LogP) is 3.04. The third-order valence-corrected chi connectivity index (χ3v) is 5.19. The maximum Gasteiger partial charge on any atom is 0.344 e. The van der Waals surface area contributed by atoms with E-state index in [-0.39, 0.29) is 25.2 Å². The SMILES string of the molecule is COc1ccccc1OCC(=O)OCC(=O)N1CCCC1c1cccs1. The fraction of sp³-hybridized carbons (Fsp3) is 0.368. The highest BCUT2D eigenvalue weighted by Crippen LogP contribution is 2.34. The molecule has 26 heavy (non-hydrogen) atoms. The van der Waals surface area contributed by atoms with Gasteiger partial charge in [-0.05, 0) is 36.4 Å². The summed E-state index contributed by atoms with van der Waals surface area (Å²) >= 11 is 1.64. The van der Waals surface area contributed by atoms with E-state index >= 15 is 0 Å². The highest BCUT2D eigenvalue weighted by atomic mass is 32.1. The van der Waals surface area contributed by atoms with E-state index in [1.54, 1.807) is 34.4 Å². The molecule has 1 fully saturated rings. The Morgan fingerprint density at radius 1 is 1.15 bits per heavy atom. The second-order valence-corrected chi connectivity index (χ2v) is 6.84. The molecule has 0 N–H and O–H groups in total. The van der Waals surface area contributed by atoms with Gasteiger partial charge in [0, 0.05) is 11.4 Å². The molecule has 0 aliphatic carbocycles. The number of hydrogen-bond acceptors (Lipinski definition) is 6. The summed E-state index contributed by atoms with van der Waals surface area (Å²) in [6.45, 7) is 0.147. The van der Waals surface area contributed by atoms with Crippen molar-refractivity contribution in [1.82, 2.24) is 4.90 Å². The number of amides is 1. The lowest BCUT2D eigenvalue weighted by atomic mass is 10.2. The molecule has 138 valence electrons. The Bertz CT molecular complexity index is 746. The van der Waals surface area contributed by atoms with Gasteiger partial charge in [-0.15, -0.1) is 11.3 Å². The fourth-order valence-electron chi connectivity index (χ4n) is 2.98. The monoisotopic (exact) mass is 375 g/mol. The molecule has 2 heterocycles. The van der Waals surface area contributed by atoms with Gasteiger partial charge in [0.15, 0.2) is 24.7 Å². The van der Waals surface area contributed by atoms with Crippen LogP contribution in [-0.2, 0) is 14.3 Å². The number of para-hydroxylation sites is 2. The van der Waals surface area contributed by atoms with Crippen molar-refractivity contribution in [3.05, 3.63) is 46.7 Å². The van der Waals surface area contributed by atoms with Gasteiger partial charge in [-0.3, -0.25) is 4.79 Å². The van der Waals surface area contributed by atoms with Gasteiger partial charge in [-0.2, -0.15) is 0 Å². The molecule has 0 spiro atoms. The molecule has 1 saturated heterocycles. The molecule has 0 radical (unpaired) electrons. The minimum absolute atomic E-state index is 0.0889. The molecule has 1 unspecified atom stereocenters. The molecule has 1 aromatic carbocycles. The minimum atomic E-state index is -0.587. The van der Waals surface area contributed by atoms with Crippen molar-refractivity contribution in [3.8, 4) is 11.5 Å². The van der Waals surface area contributed by atoms with E-state index in [9.17, 15) is 9.59 Å². The average molecular weight is 375 g/mol. The molecular formula is C19H21NO5S. The van der Waals surface area contributed by atoms with Gasteiger partial charge in [0.05, 0.1) is 13.2 Å². The van der Waals surface area contributed by atoms with Crippen LogP contribution in [0.1, 0.15) is 23.8 Å². The second-order valence-electron chi connectivity index (χ2n) is 5.86. The van der Waals surface area contributed by atoms with Gasteiger partial charge in [0.2, 0.25) is 0 Å². The van der Waals surface area contributed by atoms with Gasteiger partial charge < -0.3 is 19.1 Å². The summed E-state index contributed by atoms with van der Waals surface area (Å²) in [5.74, 6) is 0.227. The number of rotatable bonds is 7.